The Balaban J connectivity index is 1.93. The van der Waals surface area contributed by atoms with Crippen molar-refractivity contribution in [3.8, 4) is 0 Å². The number of morpholine rings is 1. The summed E-state index contributed by atoms with van der Waals surface area (Å²) in [4.78, 5) is 25.0. The van der Waals surface area contributed by atoms with Crippen LogP contribution in [0.4, 0.5) is 0 Å². The van der Waals surface area contributed by atoms with Gasteiger partial charge in [0.25, 0.3) is 0 Å². The van der Waals surface area contributed by atoms with E-state index in [1.54, 1.807) is 0 Å². The van der Waals surface area contributed by atoms with Gasteiger partial charge >= 0.3 is 5.97 Å². The Bertz CT molecular complexity index is 494. The number of carboxylic acid groups (broad SMARTS) is 1. The van der Waals surface area contributed by atoms with Crippen LogP contribution in [0.1, 0.15) is 12.5 Å². The minimum Gasteiger partial charge on any atom is -0.480 e. The van der Waals surface area contributed by atoms with Crippen molar-refractivity contribution in [3.05, 3.63) is 35.9 Å². The van der Waals surface area contributed by atoms with Crippen molar-refractivity contribution >= 4 is 23.6 Å². The molecule has 5 nitrogen and oxygen atoms in total. The molecule has 1 aromatic rings. The van der Waals surface area contributed by atoms with Crippen LogP contribution in [0.25, 0.3) is 0 Å². The Morgan fingerprint density at radius 3 is 2.81 bits per heavy atom. The van der Waals surface area contributed by atoms with Gasteiger partial charge in [0.05, 0.1) is 18.5 Å². The molecule has 1 N–H and O–H groups in total. The summed E-state index contributed by atoms with van der Waals surface area (Å²) in [5.41, 5.74) is 1.15. The standard InChI is InChI=1S/C15H19NO4S/c1-11(21-10-12-5-3-2-4-6-12)14(17)16-7-8-20-9-13(16)15(18)19/h2-6,11,13H,7-10H2,1H3,(H,18,19). The van der Waals surface area contributed by atoms with E-state index in [4.69, 9.17) is 9.84 Å². The molecule has 0 bridgehead atoms. The van der Waals surface area contributed by atoms with E-state index in [0.29, 0.717) is 13.2 Å². The van der Waals surface area contributed by atoms with E-state index in [1.165, 1.54) is 16.7 Å². The molecule has 0 radical (unpaired) electrons. The zero-order valence-corrected chi connectivity index (χ0v) is 12.7. The maximum Gasteiger partial charge on any atom is 0.328 e. The Hall–Kier alpha value is -1.53. The van der Waals surface area contributed by atoms with Gasteiger partial charge in [-0.25, -0.2) is 4.79 Å². The number of carboxylic acids is 1. The van der Waals surface area contributed by atoms with Crippen LogP contribution in [0, 0.1) is 0 Å². The average molecular weight is 309 g/mol. The van der Waals surface area contributed by atoms with Crippen molar-refractivity contribution in [1.29, 1.82) is 0 Å². The Labute approximate surface area is 128 Å². The fourth-order valence-electron chi connectivity index (χ4n) is 2.17. The van der Waals surface area contributed by atoms with Gasteiger partial charge in [-0.1, -0.05) is 30.3 Å². The topological polar surface area (TPSA) is 66.8 Å². The molecule has 2 atom stereocenters. The molecule has 1 saturated heterocycles. The van der Waals surface area contributed by atoms with Crippen LogP contribution in [0.3, 0.4) is 0 Å². The van der Waals surface area contributed by atoms with Crippen LogP contribution < -0.4 is 0 Å². The van der Waals surface area contributed by atoms with Crippen molar-refractivity contribution in [2.75, 3.05) is 19.8 Å². The van der Waals surface area contributed by atoms with Gasteiger partial charge in [0.2, 0.25) is 5.91 Å². The van der Waals surface area contributed by atoms with E-state index in [0.717, 1.165) is 11.3 Å². The number of ether oxygens (including phenoxy) is 1. The third-order valence-electron chi connectivity index (χ3n) is 3.39. The van der Waals surface area contributed by atoms with E-state index in [1.807, 2.05) is 37.3 Å². The van der Waals surface area contributed by atoms with Gasteiger partial charge < -0.3 is 14.7 Å². The van der Waals surface area contributed by atoms with Crippen molar-refractivity contribution in [1.82, 2.24) is 4.90 Å². The number of hydrogen-bond acceptors (Lipinski definition) is 4. The third kappa shape index (κ3) is 4.22. The predicted octanol–water partition coefficient (Wildman–Crippen LogP) is 1.62. The molecular formula is C15H19NO4S. The first-order chi connectivity index (χ1) is 10.1. The normalized spacial score (nSPS) is 20.0. The number of thioether (sulfide) groups is 1. The molecule has 1 aliphatic rings. The van der Waals surface area contributed by atoms with E-state index < -0.39 is 12.0 Å². The Morgan fingerprint density at radius 2 is 2.14 bits per heavy atom. The summed E-state index contributed by atoms with van der Waals surface area (Å²) in [7, 11) is 0. The SMILES string of the molecule is CC(SCc1ccccc1)C(=O)N1CCOCC1C(=O)O. The number of benzene rings is 1. The average Bonchev–Trinajstić information content (AvgIpc) is 2.52. The summed E-state index contributed by atoms with van der Waals surface area (Å²) in [5, 5.41) is 8.89. The molecule has 1 heterocycles. The highest BCUT2D eigenvalue weighted by Crippen LogP contribution is 2.21. The fourth-order valence-corrected chi connectivity index (χ4v) is 3.09. The molecule has 2 rings (SSSR count). The van der Waals surface area contributed by atoms with Gasteiger partial charge in [-0.2, -0.15) is 0 Å². The molecule has 1 aliphatic heterocycles. The largest absolute Gasteiger partial charge is 0.480 e. The zero-order chi connectivity index (χ0) is 15.2. The van der Waals surface area contributed by atoms with Gasteiger partial charge in [-0.15, -0.1) is 11.8 Å². The van der Waals surface area contributed by atoms with Crippen LogP contribution in [0.2, 0.25) is 0 Å². The minimum absolute atomic E-state index is 0.0666. The van der Waals surface area contributed by atoms with Crippen LogP contribution in [0.15, 0.2) is 30.3 Å². The van der Waals surface area contributed by atoms with Gasteiger partial charge in [0.15, 0.2) is 6.04 Å². The van der Waals surface area contributed by atoms with Crippen molar-refractivity contribution in [3.63, 3.8) is 0 Å². The Morgan fingerprint density at radius 1 is 1.43 bits per heavy atom. The number of hydrogen-bond donors (Lipinski definition) is 1. The number of nitrogens with zero attached hydrogens (tertiary/aromatic N) is 1. The van der Waals surface area contributed by atoms with Gasteiger partial charge in [-0.3, -0.25) is 4.79 Å². The number of aliphatic carboxylic acids is 1. The maximum atomic E-state index is 12.4. The van der Waals surface area contributed by atoms with E-state index in [9.17, 15) is 9.59 Å². The zero-order valence-electron chi connectivity index (χ0n) is 11.9. The summed E-state index contributed by atoms with van der Waals surface area (Å²) in [6.45, 7) is 2.62. The van der Waals surface area contributed by atoms with Crippen molar-refractivity contribution < 1.29 is 19.4 Å². The molecule has 1 fully saturated rings. The lowest BCUT2D eigenvalue weighted by molar-refractivity contribution is -0.157. The molecule has 114 valence electrons. The lowest BCUT2D eigenvalue weighted by atomic mass is 10.2. The first-order valence-corrected chi connectivity index (χ1v) is 7.91. The molecular weight excluding hydrogens is 290 g/mol. The van der Waals surface area contributed by atoms with E-state index in [-0.39, 0.29) is 17.8 Å². The lowest BCUT2D eigenvalue weighted by Gasteiger charge is -2.34. The van der Waals surface area contributed by atoms with Gasteiger partial charge in [0, 0.05) is 12.3 Å². The van der Waals surface area contributed by atoms with E-state index >= 15 is 0 Å². The first-order valence-electron chi connectivity index (χ1n) is 6.86. The highest BCUT2D eigenvalue weighted by Gasteiger charge is 2.34. The van der Waals surface area contributed by atoms with Crippen LogP contribution in [0.5, 0.6) is 0 Å². The molecule has 0 spiro atoms. The first kappa shape index (κ1) is 15.9. The summed E-state index contributed by atoms with van der Waals surface area (Å²) < 4.78 is 5.15. The predicted molar refractivity (Wildman–Crippen MR) is 81.2 cm³/mol. The number of carbonyl (C=O) groups is 2. The Kier molecular flexibility index (Phi) is 5.64. The van der Waals surface area contributed by atoms with E-state index in [2.05, 4.69) is 0 Å². The van der Waals surface area contributed by atoms with Crippen LogP contribution in [-0.2, 0) is 20.1 Å². The molecule has 2 unspecified atom stereocenters. The molecule has 6 heteroatoms. The van der Waals surface area contributed by atoms with Crippen molar-refractivity contribution in [2.24, 2.45) is 0 Å². The number of carbonyl (C=O) groups excluding carboxylic acids is 1. The van der Waals surface area contributed by atoms with Crippen molar-refractivity contribution in [2.45, 2.75) is 24.0 Å². The number of amides is 1. The summed E-state index contributed by atoms with van der Waals surface area (Å²) in [5.74, 6) is -0.412. The lowest BCUT2D eigenvalue weighted by Crippen LogP contribution is -2.54. The highest BCUT2D eigenvalue weighted by molar-refractivity contribution is 7.99. The molecule has 0 aromatic heterocycles. The second-order valence-electron chi connectivity index (χ2n) is 4.90. The second kappa shape index (κ2) is 7.47. The van der Waals surface area contributed by atoms with Crippen LogP contribution in [-0.4, -0.2) is 52.9 Å². The molecule has 0 aliphatic carbocycles. The third-order valence-corrected chi connectivity index (χ3v) is 4.59. The second-order valence-corrected chi connectivity index (χ2v) is 6.23. The monoisotopic (exact) mass is 309 g/mol. The molecule has 21 heavy (non-hydrogen) atoms. The summed E-state index contributed by atoms with van der Waals surface area (Å²) in [6, 6.07) is 9.03. The highest BCUT2D eigenvalue weighted by atomic mass is 32.2. The molecule has 1 aromatic carbocycles. The smallest absolute Gasteiger partial charge is 0.328 e. The quantitative estimate of drug-likeness (QED) is 0.895. The van der Waals surface area contributed by atoms with Gasteiger partial charge in [0.1, 0.15) is 0 Å². The maximum absolute atomic E-state index is 12.4. The van der Waals surface area contributed by atoms with Gasteiger partial charge in [-0.05, 0) is 12.5 Å². The molecule has 0 saturated carbocycles. The summed E-state index contributed by atoms with van der Waals surface area (Å²) in [6.07, 6.45) is 0. The summed E-state index contributed by atoms with van der Waals surface area (Å²) >= 11 is 1.52. The minimum atomic E-state index is -1.01. The number of rotatable bonds is 5. The molecule has 1 amide bonds. The van der Waals surface area contributed by atoms with Crippen LogP contribution >= 0.6 is 11.8 Å². The fraction of sp³-hybridized carbons (Fsp3) is 0.467.